The van der Waals surface area contributed by atoms with E-state index >= 15 is 0 Å². The molecule has 0 unspecified atom stereocenters. The van der Waals surface area contributed by atoms with Crippen molar-refractivity contribution in [2.75, 3.05) is 36.0 Å². The normalized spacial score (nSPS) is 14.7. The van der Waals surface area contributed by atoms with E-state index in [1.165, 1.54) is 5.69 Å². The summed E-state index contributed by atoms with van der Waals surface area (Å²) in [6.07, 6.45) is 0. The smallest absolute Gasteiger partial charge is 0.147 e. The fourth-order valence-corrected chi connectivity index (χ4v) is 3.14. The first-order valence-electron chi connectivity index (χ1n) is 7.72. The number of aryl methyl sites for hydroxylation is 2. The van der Waals surface area contributed by atoms with Gasteiger partial charge in [-0.05, 0) is 49.7 Å². The van der Waals surface area contributed by atoms with Gasteiger partial charge in [0.05, 0.1) is 5.56 Å². The van der Waals surface area contributed by atoms with Gasteiger partial charge in [-0.1, -0.05) is 11.6 Å². The summed E-state index contributed by atoms with van der Waals surface area (Å²) in [5.74, 6) is 0.820. The zero-order valence-electron chi connectivity index (χ0n) is 13.4. The number of pyridine rings is 1. The molecule has 118 valence electrons. The molecule has 0 radical (unpaired) electrons. The van der Waals surface area contributed by atoms with Crippen LogP contribution < -0.4 is 9.80 Å². The maximum atomic E-state index is 9.44. The first-order chi connectivity index (χ1) is 11.1. The maximum Gasteiger partial charge on any atom is 0.147 e. The zero-order valence-corrected chi connectivity index (χ0v) is 14.1. The van der Waals surface area contributed by atoms with Gasteiger partial charge in [0.15, 0.2) is 0 Å². The molecule has 1 aliphatic rings. The van der Waals surface area contributed by atoms with Crippen LogP contribution in [0.1, 0.15) is 16.8 Å². The lowest BCUT2D eigenvalue weighted by Gasteiger charge is -2.37. The van der Waals surface area contributed by atoms with Gasteiger partial charge < -0.3 is 9.80 Å². The summed E-state index contributed by atoms with van der Waals surface area (Å²) in [4.78, 5) is 9.15. The average Bonchev–Trinajstić information content (AvgIpc) is 2.55. The lowest BCUT2D eigenvalue weighted by molar-refractivity contribution is 0.646. The molecule has 5 heteroatoms. The minimum Gasteiger partial charge on any atom is -0.368 e. The second kappa shape index (κ2) is 6.47. The van der Waals surface area contributed by atoms with Gasteiger partial charge in [-0.3, -0.25) is 0 Å². The summed E-state index contributed by atoms with van der Waals surface area (Å²) in [6, 6.07) is 12.2. The monoisotopic (exact) mass is 326 g/mol. The molecule has 0 aliphatic carbocycles. The van der Waals surface area contributed by atoms with Crippen molar-refractivity contribution in [1.82, 2.24) is 4.98 Å². The Kier molecular flexibility index (Phi) is 4.40. The highest BCUT2D eigenvalue weighted by molar-refractivity contribution is 6.30. The summed E-state index contributed by atoms with van der Waals surface area (Å²) < 4.78 is 0. The molecule has 0 spiro atoms. The van der Waals surface area contributed by atoms with Crippen LogP contribution in [0.4, 0.5) is 11.5 Å². The molecule has 3 rings (SSSR count). The van der Waals surface area contributed by atoms with Crippen LogP contribution >= 0.6 is 11.6 Å². The van der Waals surface area contributed by atoms with Gasteiger partial charge in [0.25, 0.3) is 0 Å². The molecule has 0 atom stereocenters. The molecule has 4 nitrogen and oxygen atoms in total. The third kappa shape index (κ3) is 3.25. The number of hydrogen-bond acceptors (Lipinski definition) is 4. The molecule has 23 heavy (non-hydrogen) atoms. The summed E-state index contributed by atoms with van der Waals surface area (Å²) in [5, 5.41) is 10.2. The van der Waals surface area contributed by atoms with Crippen LogP contribution in [0, 0.1) is 25.2 Å². The Bertz CT molecular complexity index is 741. The highest BCUT2D eigenvalue weighted by Gasteiger charge is 2.21. The first kappa shape index (κ1) is 15.6. The Labute approximate surface area is 141 Å². The van der Waals surface area contributed by atoms with Gasteiger partial charge in [0.1, 0.15) is 11.9 Å². The topological polar surface area (TPSA) is 43.2 Å². The van der Waals surface area contributed by atoms with E-state index in [1.807, 2.05) is 44.2 Å². The Balaban J connectivity index is 1.77. The first-order valence-corrected chi connectivity index (χ1v) is 8.10. The summed E-state index contributed by atoms with van der Waals surface area (Å²) in [7, 11) is 0. The molecule has 1 aliphatic heterocycles. The fourth-order valence-electron chi connectivity index (χ4n) is 3.01. The Morgan fingerprint density at radius 1 is 1.04 bits per heavy atom. The zero-order chi connectivity index (χ0) is 16.4. The number of hydrogen-bond donors (Lipinski definition) is 0. The van der Waals surface area contributed by atoms with E-state index in [2.05, 4.69) is 20.9 Å². The number of benzene rings is 1. The predicted octanol–water partition coefficient (Wildman–Crippen LogP) is 3.55. The molecule has 1 fully saturated rings. The van der Waals surface area contributed by atoms with Gasteiger partial charge in [-0.25, -0.2) is 4.98 Å². The van der Waals surface area contributed by atoms with E-state index in [-0.39, 0.29) is 0 Å². The number of halogens is 1. The highest BCUT2D eigenvalue weighted by Crippen LogP contribution is 2.25. The molecule has 0 N–H and O–H groups in total. The lowest BCUT2D eigenvalue weighted by atomic mass is 10.1. The van der Waals surface area contributed by atoms with E-state index in [0.29, 0.717) is 5.56 Å². The number of nitrogens with zero attached hydrogens (tertiary/aromatic N) is 4. The quantitative estimate of drug-likeness (QED) is 0.846. The summed E-state index contributed by atoms with van der Waals surface area (Å²) in [5.41, 5.74) is 3.82. The van der Waals surface area contributed by atoms with Crippen molar-refractivity contribution in [3.8, 4) is 6.07 Å². The molecule has 1 aromatic heterocycles. The Hall–Kier alpha value is -2.25. The predicted molar refractivity (Wildman–Crippen MR) is 94.3 cm³/mol. The van der Waals surface area contributed by atoms with Crippen LogP contribution in [-0.2, 0) is 0 Å². The van der Waals surface area contributed by atoms with Crippen molar-refractivity contribution in [2.45, 2.75) is 13.8 Å². The third-order valence-electron chi connectivity index (χ3n) is 4.21. The van der Waals surface area contributed by atoms with Gasteiger partial charge in [-0.2, -0.15) is 5.26 Å². The molecule has 0 saturated carbocycles. The van der Waals surface area contributed by atoms with Gasteiger partial charge in [-0.15, -0.1) is 0 Å². The van der Waals surface area contributed by atoms with Crippen LogP contribution in [0.3, 0.4) is 0 Å². The van der Waals surface area contributed by atoms with Crippen molar-refractivity contribution < 1.29 is 0 Å². The number of rotatable bonds is 2. The Morgan fingerprint density at radius 3 is 2.26 bits per heavy atom. The van der Waals surface area contributed by atoms with Crippen LogP contribution in [0.25, 0.3) is 0 Å². The molecular formula is C18H19ClN4. The fraction of sp³-hybridized carbons (Fsp3) is 0.333. The second-order valence-electron chi connectivity index (χ2n) is 5.84. The van der Waals surface area contributed by atoms with Crippen molar-refractivity contribution in [3.63, 3.8) is 0 Å². The largest absolute Gasteiger partial charge is 0.368 e. The van der Waals surface area contributed by atoms with E-state index in [1.54, 1.807) is 0 Å². The standard InChI is InChI=1S/C18H19ClN4/c1-13-11-14(2)21-18(17(13)12-20)23-9-7-22(8-10-23)16-5-3-15(19)4-6-16/h3-6,11H,7-10H2,1-2H3. The van der Waals surface area contributed by atoms with Crippen LogP contribution in [0.5, 0.6) is 0 Å². The van der Waals surface area contributed by atoms with E-state index < -0.39 is 0 Å². The average molecular weight is 327 g/mol. The molecule has 0 amide bonds. The minimum absolute atomic E-state index is 0.690. The Morgan fingerprint density at radius 2 is 1.65 bits per heavy atom. The van der Waals surface area contributed by atoms with E-state index in [9.17, 15) is 5.26 Å². The molecule has 1 aromatic carbocycles. The molecule has 2 heterocycles. The van der Waals surface area contributed by atoms with E-state index in [4.69, 9.17) is 11.6 Å². The maximum absolute atomic E-state index is 9.44. The van der Waals surface area contributed by atoms with Crippen molar-refractivity contribution in [2.24, 2.45) is 0 Å². The van der Waals surface area contributed by atoms with Gasteiger partial charge in [0, 0.05) is 42.6 Å². The van der Waals surface area contributed by atoms with Crippen molar-refractivity contribution in [3.05, 3.63) is 52.2 Å². The molecular weight excluding hydrogens is 308 g/mol. The molecule has 2 aromatic rings. The van der Waals surface area contributed by atoms with Crippen molar-refractivity contribution >= 4 is 23.1 Å². The number of nitriles is 1. The molecule has 1 saturated heterocycles. The number of anilines is 2. The minimum atomic E-state index is 0.690. The van der Waals surface area contributed by atoms with Gasteiger partial charge in [0.2, 0.25) is 0 Å². The van der Waals surface area contributed by atoms with Crippen LogP contribution in [0.15, 0.2) is 30.3 Å². The number of piperazine rings is 1. The van der Waals surface area contributed by atoms with E-state index in [0.717, 1.165) is 48.3 Å². The van der Waals surface area contributed by atoms with Crippen LogP contribution in [0.2, 0.25) is 5.02 Å². The summed E-state index contributed by atoms with van der Waals surface area (Å²) >= 11 is 5.95. The SMILES string of the molecule is Cc1cc(C)c(C#N)c(N2CCN(c3ccc(Cl)cc3)CC2)n1. The van der Waals surface area contributed by atoms with Gasteiger partial charge >= 0.3 is 0 Å². The molecule has 0 bridgehead atoms. The number of aromatic nitrogens is 1. The summed E-state index contributed by atoms with van der Waals surface area (Å²) in [6.45, 7) is 7.46. The second-order valence-corrected chi connectivity index (χ2v) is 6.28. The third-order valence-corrected chi connectivity index (χ3v) is 4.46. The van der Waals surface area contributed by atoms with Crippen molar-refractivity contribution in [1.29, 1.82) is 5.26 Å². The highest BCUT2D eigenvalue weighted by atomic mass is 35.5. The van der Waals surface area contributed by atoms with Crippen LogP contribution in [-0.4, -0.2) is 31.2 Å². The lowest BCUT2D eigenvalue weighted by Crippen LogP contribution is -2.47.